The van der Waals surface area contributed by atoms with Crippen LogP contribution in [0.3, 0.4) is 0 Å². The standard InChI is InChI=1S/C17H22O5/c1-4-21-16(19)15(17(20)22-5-2)14(11-12(3)18)13-9-7-6-8-10-13/h6-10,14-15H,4-5,11H2,1-3H3. The van der Waals surface area contributed by atoms with E-state index < -0.39 is 23.8 Å². The fourth-order valence-corrected chi connectivity index (χ4v) is 2.33. The van der Waals surface area contributed by atoms with Crippen molar-refractivity contribution in [3.05, 3.63) is 35.9 Å². The van der Waals surface area contributed by atoms with Crippen LogP contribution in [-0.4, -0.2) is 30.9 Å². The first-order valence-electron chi connectivity index (χ1n) is 7.38. The number of hydrogen-bond donors (Lipinski definition) is 0. The van der Waals surface area contributed by atoms with Crippen LogP contribution < -0.4 is 0 Å². The quantitative estimate of drug-likeness (QED) is 0.545. The van der Waals surface area contributed by atoms with E-state index in [0.29, 0.717) is 0 Å². The van der Waals surface area contributed by atoms with Crippen LogP contribution in [0.25, 0.3) is 0 Å². The molecule has 0 heterocycles. The van der Waals surface area contributed by atoms with Gasteiger partial charge in [-0.2, -0.15) is 0 Å². The van der Waals surface area contributed by atoms with Gasteiger partial charge in [0.05, 0.1) is 13.2 Å². The molecule has 0 aliphatic rings. The van der Waals surface area contributed by atoms with Gasteiger partial charge in [0.15, 0.2) is 5.92 Å². The molecule has 0 N–H and O–H groups in total. The van der Waals surface area contributed by atoms with Crippen LogP contribution >= 0.6 is 0 Å². The Labute approximate surface area is 130 Å². The Morgan fingerprint density at radius 2 is 1.45 bits per heavy atom. The second-order valence-electron chi connectivity index (χ2n) is 4.91. The Hall–Kier alpha value is -2.17. The maximum atomic E-state index is 12.2. The summed E-state index contributed by atoms with van der Waals surface area (Å²) in [6.45, 7) is 5.10. The van der Waals surface area contributed by atoms with E-state index in [9.17, 15) is 14.4 Å². The zero-order chi connectivity index (χ0) is 16.5. The summed E-state index contributed by atoms with van der Waals surface area (Å²) in [5.41, 5.74) is 0.740. The monoisotopic (exact) mass is 306 g/mol. The van der Waals surface area contributed by atoms with Crippen molar-refractivity contribution in [3.63, 3.8) is 0 Å². The van der Waals surface area contributed by atoms with Gasteiger partial charge in [0, 0.05) is 12.3 Å². The average molecular weight is 306 g/mol. The highest BCUT2D eigenvalue weighted by atomic mass is 16.6. The van der Waals surface area contributed by atoms with Gasteiger partial charge in [0.25, 0.3) is 0 Å². The first kappa shape index (κ1) is 17.9. The zero-order valence-corrected chi connectivity index (χ0v) is 13.2. The molecule has 0 amide bonds. The molecule has 0 aliphatic heterocycles. The number of esters is 2. The van der Waals surface area contributed by atoms with Gasteiger partial charge in [-0.05, 0) is 26.3 Å². The third kappa shape index (κ3) is 4.98. The molecule has 0 saturated carbocycles. The van der Waals surface area contributed by atoms with Crippen molar-refractivity contribution in [3.8, 4) is 0 Å². The summed E-state index contributed by atoms with van der Waals surface area (Å²) in [4.78, 5) is 36.0. The largest absolute Gasteiger partial charge is 0.465 e. The number of hydrogen-bond acceptors (Lipinski definition) is 5. The van der Waals surface area contributed by atoms with E-state index in [1.807, 2.05) is 6.07 Å². The normalized spacial score (nSPS) is 11.8. The van der Waals surface area contributed by atoms with Gasteiger partial charge in [-0.3, -0.25) is 9.59 Å². The molecular formula is C17H22O5. The van der Waals surface area contributed by atoms with Crippen molar-refractivity contribution in [2.24, 2.45) is 5.92 Å². The number of ketones is 1. The van der Waals surface area contributed by atoms with Gasteiger partial charge < -0.3 is 14.3 Å². The topological polar surface area (TPSA) is 69.7 Å². The van der Waals surface area contributed by atoms with Crippen LogP contribution in [0.15, 0.2) is 30.3 Å². The predicted molar refractivity (Wildman–Crippen MR) is 81.2 cm³/mol. The summed E-state index contributed by atoms with van der Waals surface area (Å²) in [5.74, 6) is -3.14. The van der Waals surface area contributed by atoms with Crippen molar-refractivity contribution in [1.29, 1.82) is 0 Å². The lowest BCUT2D eigenvalue weighted by molar-refractivity contribution is -0.162. The van der Waals surface area contributed by atoms with Crippen LogP contribution in [0.1, 0.15) is 38.7 Å². The third-order valence-corrected chi connectivity index (χ3v) is 3.22. The molecule has 120 valence electrons. The molecule has 0 radical (unpaired) electrons. The summed E-state index contributed by atoms with van der Waals surface area (Å²) in [6.07, 6.45) is 0.0757. The lowest BCUT2D eigenvalue weighted by Crippen LogP contribution is -2.34. The van der Waals surface area contributed by atoms with Crippen molar-refractivity contribution in [2.45, 2.75) is 33.1 Å². The lowest BCUT2D eigenvalue weighted by atomic mass is 9.82. The molecule has 0 spiro atoms. The Kier molecular flexibility index (Phi) is 7.29. The van der Waals surface area contributed by atoms with Gasteiger partial charge in [0.2, 0.25) is 0 Å². The van der Waals surface area contributed by atoms with Gasteiger partial charge in [0.1, 0.15) is 5.78 Å². The van der Waals surface area contributed by atoms with E-state index in [0.717, 1.165) is 5.56 Å². The first-order chi connectivity index (χ1) is 10.5. The van der Waals surface area contributed by atoms with Crippen molar-refractivity contribution in [2.75, 3.05) is 13.2 Å². The molecule has 1 aromatic carbocycles. The Bertz CT molecular complexity index is 491. The van der Waals surface area contributed by atoms with Crippen molar-refractivity contribution >= 4 is 17.7 Å². The number of carbonyl (C=O) groups excluding carboxylic acids is 3. The molecule has 0 saturated heterocycles. The number of Topliss-reactive ketones (excluding diaryl/α,β-unsaturated/α-hetero) is 1. The van der Waals surface area contributed by atoms with E-state index in [1.54, 1.807) is 38.1 Å². The van der Waals surface area contributed by atoms with E-state index in [4.69, 9.17) is 9.47 Å². The van der Waals surface area contributed by atoms with E-state index in [-0.39, 0.29) is 25.4 Å². The smallest absolute Gasteiger partial charge is 0.320 e. The average Bonchev–Trinajstić information content (AvgIpc) is 2.47. The fourth-order valence-electron chi connectivity index (χ4n) is 2.33. The third-order valence-electron chi connectivity index (χ3n) is 3.22. The number of benzene rings is 1. The fraction of sp³-hybridized carbons (Fsp3) is 0.471. The SMILES string of the molecule is CCOC(=O)C(C(=O)OCC)C(CC(C)=O)c1ccccc1. The molecule has 0 bridgehead atoms. The number of rotatable bonds is 8. The van der Waals surface area contributed by atoms with Crippen molar-refractivity contribution in [1.82, 2.24) is 0 Å². The van der Waals surface area contributed by atoms with Crippen LogP contribution in [0.4, 0.5) is 0 Å². The molecule has 1 atom stereocenters. The molecule has 5 nitrogen and oxygen atoms in total. The molecule has 22 heavy (non-hydrogen) atoms. The summed E-state index contributed by atoms with van der Waals surface area (Å²) < 4.78 is 10.0. The second-order valence-corrected chi connectivity index (χ2v) is 4.91. The van der Waals surface area contributed by atoms with Crippen LogP contribution in [-0.2, 0) is 23.9 Å². The molecule has 5 heteroatoms. The summed E-state index contributed by atoms with van der Waals surface area (Å²) >= 11 is 0. The molecular weight excluding hydrogens is 284 g/mol. The predicted octanol–water partition coefficient (Wildman–Crippen LogP) is 2.49. The molecule has 1 rings (SSSR count). The minimum atomic E-state index is -1.13. The lowest BCUT2D eigenvalue weighted by Gasteiger charge is -2.23. The van der Waals surface area contributed by atoms with Crippen LogP contribution in [0, 0.1) is 5.92 Å². The van der Waals surface area contributed by atoms with Crippen LogP contribution in [0.5, 0.6) is 0 Å². The van der Waals surface area contributed by atoms with E-state index >= 15 is 0 Å². The summed E-state index contributed by atoms with van der Waals surface area (Å²) in [7, 11) is 0. The van der Waals surface area contributed by atoms with E-state index in [1.165, 1.54) is 6.92 Å². The second kappa shape index (κ2) is 8.97. The molecule has 0 aliphatic carbocycles. The summed E-state index contributed by atoms with van der Waals surface area (Å²) in [5, 5.41) is 0. The summed E-state index contributed by atoms with van der Waals surface area (Å²) in [6, 6.07) is 9.02. The Balaban J connectivity index is 3.20. The van der Waals surface area contributed by atoms with Gasteiger partial charge in [-0.15, -0.1) is 0 Å². The number of carbonyl (C=O) groups is 3. The molecule has 0 fully saturated rings. The minimum Gasteiger partial charge on any atom is -0.465 e. The Morgan fingerprint density at radius 1 is 0.955 bits per heavy atom. The first-order valence-corrected chi connectivity index (χ1v) is 7.38. The zero-order valence-electron chi connectivity index (χ0n) is 13.2. The number of ether oxygens (including phenoxy) is 2. The van der Waals surface area contributed by atoms with Crippen molar-refractivity contribution < 1.29 is 23.9 Å². The maximum Gasteiger partial charge on any atom is 0.320 e. The maximum absolute atomic E-state index is 12.2. The van der Waals surface area contributed by atoms with Gasteiger partial charge >= 0.3 is 11.9 Å². The van der Waals surface area contributed by atoms with E-state index in [2.05, 4.69) is 0 Å². The molecule has 1 aromatic rings. The molecule has 0 aromatic heterocycles. The highest BCUT2D eigenvalue weighted by Gasteiger charge is 2.38. The van der Waals surface area contributed by atoms with Gasteiger partial charge in [-0.1, -0.05) is 30.3 Å². The minimum absolute atomic E-state index is 0.0757. The highest BCUT2D eigenvalue weighted by molar-refractivity contribution is 5.97. The molecule has 1 unspecified atom stereocenters. The van der Waals surface area contributed by atoms with Crippen LogP contribution in [0.2, 0.25) is 0 Å². The van der Waals surface area contributed by atoms with Gasteiger partial charge in [-0.25, -0.2) is 0 Å². The highest BCUT2D eigenvalue weighted by Crippen LogP contribution is 2.30. The Morgan fingerprint density at radius 3 is 1.86 bits per heavy atom.